The minimum Gasteiger partial charge on any atom is -0.339 e. The van der Waals surface area contributed by atoms with Crippen LogP contribution in [0, 0.1) is 6.92 Å². The van der Waals surface area contributed by atoms with E-state index in [4.69, 9.17) is 4.98 Å². The molecule has 0 aliphatic carbocycles. The number of aromatic nitrogens is 3. The fourth-order valence-electron chi connectivity index (χ4n) is 2.35. The topological polar surface area (TPSA) is 46.0 Å². The van der Waals surface area contributed by atoms with Crippen LogP contribution in [-0.4, -0.2) is 27.1 Å². The van der Waals surface area contributed by atoms with Crippen molar-refractivity contribution >= 4 is 16.5 Å². The molecule has 5 nitrogen and oxygen atoms in total. The molecule has 1 N–H and O–H groups in total. The van der Waals surface area contributed by atoms with Crippen LogP contribution in [0.3, 0.4) is 0 Å². The molecule has 2 aromatic heterocycles. The van der Waals surface area contributed by atoms with E-state index in [-0.39, 0.29) is 0 Å². The lowest BCUT2D eigenvalue weighted by Crippen LogP contribution is -2.33. The molecule has 3 heterocycles. The van der Waals surface area contributed by atoms with Crippen molar-refractivity contribution in [2.24, 2.45) is 0 Å². The summed E-state index contributed by atoms with van der Waals surface area (Å²) >= 11 is 1.80. The molecule has 0 bridgehead atoms. The van der Waals surface area contributed by atoms with Crippen LogP contribution in [-0.2, 0) is 19.6 Å². The van der Waals surface area contributed by atoms with Crippen LogP contribution in [0.15, 0.2) is 12.4 Å². The molecule has 0 radical (unpaired) electrons. The highest BCUT2D eigenvalue weighted by molar-refractivity contribution is 7.15. The monoisotopic (exact) mass is 291 g/mol. The Hall–Kier alpha value is -1.40. The van der Waals surface area contributed by atoms with Gasteiger partial charge in [-0.05, 0) is 6.92 Å². The molecule has 0 fully saturated rings. The second-order valence-corrected chi connectivity index (χ2v) is 6.56. The van der Waals surface area contributed by atoms with E-state index >= 15 is 0 Å². The van der Waals surface area contributed by atoms with Gasteiger partial charge in [0.1, 0.15) is 5.82 Å². The number of hydrogen-bond acceptors (Lipinski definition) is 5. The van der Waals surface area contributed by atoms with Crippen molar-refractivity contribution in [1.29, 1.82) is 0 Å². The Morgan fingerprint density at radius 1 is 1.40 bits per heavy atom. The van der Waals surface area contributed by atoms with Gasteiger partial charge in [-0.25, -0.2) is 9.97 Å². The summed E-state index contributed by atoms with van der Waals surface area (Å²) in [5.41, 5.74) is 1.15. The number of nitrogens with one attached hydrogen (secondary N) is 1. The molecule has 108 valence electrons. The largest absolute Gasteiger partial charge is 0.339 e. The van der Waals surface area contributed by atoms with Crippen molar-refractivity contribution in [2.45, 2.75) is 46.4 Å². The average molecular weight is 291 g/mol. The van der Waals surface area contributed by atoms with E-state index in [1.165, 1.54) is 4.88 Å². The first kappa shape index (κ1) is 13.6. The van der Waals surface area contributed by atoms with Gasteiger partial charge in [-0.1, -0.05) is 13.8 Å². The molecular formula is C14H21N5S. The third-order valence-corrected chi connectivity index (χ3v) is 4.79. The van der Waals surface area contributed by atoms with Gasteiger partial charge < -0.3 is 14.8 Å². The highest BCUT2D eigenvalue weighted by Crippen LogP contribution is 2.28. The van der Waals surface area contributed by atoms with Crippen LogP contribution < -0.4 is 10.2 Å². The third kappa shape index (κ3) is 2.71. The highest BCUT2D eigenvalue weighted by atomic mass is 32.1. The number of imidazole rings is 1. The maximum atomic E-state index is 4.74. The minimum absolute atomic E-state index is 0.502. The summed E-state index contributed by atoms with van der Waals surface area (Å²) < 4.78 is 2.22. The molecule has 0 atom stereocenters. The molecule has 1 aliphatic rings. The fraction of sp³-hybridized carbons (Fsp3) is 0.571. The van der Waals surface area contributed by atoms with E-state index in [0.717, 1.165) is 42.8 Å². The van der Waals surface area contributed by atoms with Crippen molar-refractivity contribution < 1.29 is 0 Å². The summed E-state index contributed by atoms with van der Waals surface area (Å²) in [5, 5.41) is 4.59. The first-order chi connectivity index (χ1) is 9.63. The molecule has 0 spiro atoms. The minimum atomic E-state index is 0.502. The summed E-state index contributed by atoms with van der Waals surface area (Å²) in [4.78, 5) is 12.8. The highest BCUT2D eigenvalue weighted by Gasteiger charge is 2.20. The van der Waals surface area contributed by atoms with Crippen molar-refractivity contribution in [3.05, 3.63) is 28.8 Å². The Balaban J connectivity index is 1.73. The Morgan fingerprint density at radius 2 is 2.25 bits per heavy atom. The zero-order chi connectivity index (χ0) is 14.1. The molecule has 0 unspecified atom stereocenters. The molecule has 1 aliphatic heterocycles. The molecule has 0 saturated carbocycles. The zero-order valence-corrected chi connectivity index (χ0v) is 13.1. The molecule has 2 aromatic rings. The van der Waals surface area contributed by atoms with Gasteiger partial charge in [0.15, 0.2) is 5.13 Å². The lowest BCUT2D eigenvalue weighted by atomic mass is 10.3. The second kappa shape index (κ2) is 5.54. The Bertz CT molecular complexity index is 586. The van der Waals surface area contributed by atoms with Gasteiger partial charge in [-0.15, -0.1) is 11.3 Å². The van der Waals surface area contributed by atoms with Crippen molar-refractivity contribution in [3.63, 3.8) is 0 Å². The van der Waals surface area contributed by atoms with E-state index < -0.39 is 0 Å². The first-order valence-corrected chi connectivity index (χ1v) is 7.90. The number of anilines is 1. The standard InChI is InChI=1S/C14H21N5S/c1-10(2)16-8-12-11(3)17-14(20-12)19-7-6-18-5-4-15-13(18)9-19/h4-5,10,16H,6-9H2,1-3H3. The van der Waals surface area contributed by atoms with Gasteiger partial charge in [0.05, 0.1) is 12.2 Å². The van der Waals surface area contributed by atoms with Gasteiger partial charge in [0.2, 0.25) is 0 Å². The lowest BCUT2D eigenvalue weighted by Gasteiger charge is -2.27. The predicted molar refractivity (Wildman–Crippen MR) is 82.1 cm³/mol. The summed E-state index contributed by atoms with van der Waals surface area (Å²) in [7, 11) is 0. The van der Waals surface area contributed by atoms with Gasteiger partial charge in [0.25, 0.3) is 0 Å². The van der Waals surface area contributed by atoms with Crippen LogP contribution in [0.5, 0.6) is 0 Å². The average Bonchev–Trinajstić information content (AvgIpc) is 3.01. The normalized spacial score (nSPS) is 14.9. The number of nitrogens with zero attached hydrogens (tertiary/aromatic N) is 4. The van der Waals surface area contributed by atoms with Crippen LogP contribution in [0.2, 0.25) is 0 Å². The Labute approximate surface area is 123 Å². The number of thiazole rings is 1. The number of hydrogen-bond donors (Lipinski definition) is 1. The molecule has 0 aromatic carbocycles. The van der Waals surface area contributed by atoms with Crippen LogP contribution in [0.25, 0.3) is 0 Å². The summed E-state index contributed by atoms with van der Waals surface area (Å²) in [6, 6.07) is 0.502. The lowest BCUT2D eigenvalue weighted by molar-refractivity contribution is 0.559. The maximum Gasteiger partial charge on any atom is 0.186 e. The molecule has 3 rings (SSSR count). The van der Waals surface area contributed by atoms with Gasteiger partial charge in [0, 0.05) is 42.9 Å². The van der Waals surface area contributed by atoms with E-state index in [2.05, 4.69) is 46.7 Å². The van der Waals surface area contributed by atoms with Gasteiger partial charge in [-0.2, -0.15) is 0 Å². The maximum absolute atomic E-state index is 4.74. The van der Waals surface area contributed by atoms with Crippen molar-refractivity contribution in [3.8, 4) is 0 Å². The molecular weight excluding hydrogens is 270 g/mol. The smallest absolute Gasteiger partial charge is 0.186 e. The van der Waals surface area contributed by atoms with Crippen molar-refractivity contribution in [2.75, 3.05) is 11.4 Å². The van der Waals surface area contributed by atoms with E-state index in [9.17, 15) is 0 Å². The molecule has 0 amide bonds. The van der Waals surface area contributed by atoms with Crippen LogP contribution >= 0.6 is 11.3 Å². The van der Waals surface area contributed by atoms with Crippen LogP contribution in [0.4, 0.5) is 5.13 Å². The third-order valence-electron chi connectivity index (χ3n) is 3.57. The van der Waals surface area contributed by atoms with E-state index in [0.29, 0.717) is 6.04 Å². The zero-order valence-electron chi connectivity index (χ0n) is 12.3. The fourth-order valence-corrected chi connectivity index (χ4v) is 3.38. The molecule has 6 heteroatoms. The van der Waals surface area contributed by atoms with Gasteiger partial charge in [-0.3, -0.25) is 0 Å². The molecule has 20 heavy (non-hydrogen) atoms. The number of rotatable bonds is 4. The van der Waals surface area contributed by atoms with E-state index in [1.54, 1.807) is 11.3 Å². The second-order valence-electron chi connectivity index (χ2n) is 5.50. The quantitative estimate of drug-likeness (QED) is 0.938. The van der Waals surface area contributed by atoms with Crippen molar-refractivity contribution in [1.82, 2.24) is 19.9 Å². The van der Waals surface area contributed by atoms with Crippen LogP contribution in [0.1, 0.15) is 30.2 Å². The van der Waals surface area contributed by atoms with E-state index in [1.807, 2.05) is 6.20 Å². The summed E-state index contributed by atoms with van der Waals surface area (Å²) in [6.07, 6.45) is 3.93. The SMILES string of the molecule is Cc1nc(N2CCn3ccnc3C2)sc1CNC(C)C. The number of aryl methyl sites for hydroxylation is 1. The van der Waals surface area contributed by atoms with Gasteiger partial charge >= 0.3 is 0 Å². The summed E-state index contributed by atoms with van der Waals surface area (Å²) in [5.74, 6) is 1.13. The molecule has 0 saturated heterocycles. The number of fused-ring (bicyclic) bond motifs is 1. The Morgan fingerprint density at radius 3 is 3.05 bits per heavy atom. The first-order valence-electron chi connectivity index (χ1n) is 7.08. The summed E-state index contributed by atoms with van der Waals surface area (Å²) in [6.45, 7) is 10.2. The predicted octanol–water partition coefficient (Wildman–Crippen LogP) is 2.17. The Kier molecular flexibility index (Phi) is 3.76.